The van der Waals surface area contributed by atoms with Gasteiger partial charge in [0.2, 0.25) is 0 Å². The molecule has 0 aliphatic heterocycles. The lowest BCUT2D eigenvalue weighted by Crippen LogP contribution is -2.33. The van der Waals surface area contributed by atoms with E-state index in [-0.39, 0.29) is 6.10 Å². The lowest BCUT2D eigenvalue weighted by atomic mass is 10.1. The van der Waals surface area contributed by atoms with Crippen molar-refractivity contribution in [3.8, 4) is 0 Å². The number of hydrogen-bond donors (Lipinski definition) is 1. The highest BCUT2D eigenvalue weighted by atomic mass is 32.1. The zero-order chi connectivity index (χ0) is 12.4. The molecule has 0 unspecified atom stereocenters. The minimum Gasteiger partial charge on any atom is -0.375 e. The maximum Gasteiger partial charge on any atom is 0.0980 e. The van der Waals surface area contributed by atoms with Gasteiger partial charge in [-0.1, -0.05) is 24.3 Å². The summed E-state index contributed by atoms with van der Waals surface area (Å²) in [6, 6.07) is 10.9. The molecule has 3 rings (SSSR count). The van der Waals surface area contributed by atoms with Gasteiger partial charge in [-0.15, -0.1) is 0 Å². The molecule has 1 aliphatic rings. The average Bonchev–Trinajstić information content (AvgIpc) is 3.03. The predicted octanol–water partition coefficient (Wildman–Crippen LogP) is 2.55. The van der Waals surface area contributed by atoms with Gasteiger partial charge in [0.05, 0.1) is 11.8 Å². The molecule has 1 aliphatic carbocycles. The molecule has 0 spiro atoms. The highest BCUT2D eigenvalue weighted by molar-refractivity contribution is 7.03. The molecule has 0 fully saturated rings. The van der Waals surface area contributed by atoms with E-state index in [1.807, 2.05) is 5.38 Å². The number of nitrogens with zero attached hydrogens (tertiary/aromatic N) is 1. The van der Waals surface area contributed by atoms with Crippen LogP contribution in [0, 0.1) is 0 Å². The molecule has 1 aromatic heterocycles. The van der Waals surface area contributed by atoms with E-state index < -0.39 is 0 Å². The monoisotopic (exact) mass is 260 g/mol. The summed E-state index contributed by atoms with van der Waals surface area (Å²) in [5.74, 6) is 0. The average molecular weight is 260 g/mol. The van der Waals surface area contributed by atoms with Crippen molar-refractivity contribution >= 4 is 11.5 Å². The molecule has 2 aromatic rings. The van der Waals surface area contributed by atoms with Gasteiger partial charge in [-0.25, -0.2) is 0 Å². The molecule has 0 amide bonds. The predicted molar refractivity (Wildman–Crippen MR) is 72.6 cm³/mol. The zero-order valence-electron chi connectivity index (χ0n) is 10.3. The second-order valence-electron chi connectivity index (χ2n) is 4.54. The van der Waals surface area contributed by atoms with E-state index in [0.29, 0.717) is 6.04 Å². The van der Waals surface area contributed by atoms with Crippen LogP contribution in [0.25, 0.3) is 0 Å². The quantitative estimate of drug-likeness (QED) is 0.917. The summed E-state index contributed by atoms with van der Waals surface area (Å²) in [5.41, 5.74) is 3.81. The summed E-state index contributed by atoms with van der Waals surface area (Å²) in [4.78, 5) is 0. The number of ether oxygens (including phenoxy) is 1. The third-order valence-corrected chi connectivity index (χ3v) is 4.06. The van der Waals surface area contributed by atoms with Gasteiger partial charge in [0, 0.05) is 25.1 Å². The maximum absolute atomic E-state index is 5.64. The van der Waals surface area contributed by atoms with Crippen LogP contribution in [0.2, 0.25) is 0 Å². The molecule has 18 heavy (non-hydrogen) atoms. The minimum absolute atomic E-state index is 0.153. The van der Waals surface area contributed by atoms with Gasteiger partial charge in [-0.05, 0) is 35.1 Å². The first-order chi connectivity index (χ1) is 8.88. The first-order valence-corrected chi connectivity index (χ1v) is 6.95. The largest absolute Gasteiger partial charge is 0.375 e. The van der Waals surface area contributed by atoms with Gasteiger partial charge in [0.1, 0.15) is 0 Å². The van der Waals surface area contributed by atoms with Crippen LogP contribution in [0.5, 0.6) is 0 Å². The summed E-state index contributed by atoms with van der Waals surface area (Å²) >= 11 is 1.49. The number of benzene rings is 1. The molecule has 4 heteroatoms. The Bertz CT molecular complexity index is 512. The normalized spacial score (nSPS) is 22.1. The first-order valence-electron chi connectivity index (χ1n) is 6.11. The number of aromatic nitrogens is 1. The van der Waals surface area contributed by atoms with Crippen LogP contribution in [0.4, 0.5) is 0 Å². The van der Waals surface area contributed by atoms with E-state index in [2.05, 4.69) is 40.0 Å². The summed E-state index contributed by atoms with van der Waals surface area (Å²) in [6.07, 6.45) is 1.18. The SMILES string of the molecule is CO[C@H]1c2ccccc2C[C@H]1NCc1ccsn1. The van der Waals surface area contributed by atoms with E-state index in [9.17, 15) is 0 Å². The van der Waals surface area contributed by atoms with Crippen molar-refractivity contribution in [1.29, 1.82) is 0 Å². The third kappa shape index (κ3) is 2.19. The summed E-state index contributed by atoms with van der Waals surface area (Å²) < 4.78 is 9.96. The van der Waals surface area contributed by atoms with Crippen LogP contribution in [0.15, 0.2) is 35.7 Å². The molecular formula is C14H16N2OS. The number of nitrogens with one attached hydrogen (secondary N) is 1. The molecule has 2 atom stereocenters. The van der Waals surface area contributed by atoms with E-state index >= 15 is 0 Å². The molecule has 0 bridgehead atoms. The summed E-state index contributed by atoms with van der Waals surface area (Å²) in [7, 11) is 1.78. The van der Waals surface area contributed by atoms with Crippen LogP contribution in [0.3, 0.4) is 0 Å². The van der Waals surface area contributed by atoms with Crippen molar-refractivity contribution in [3.05, 3.63) is 52.5 Å². The van der Waals surface area contributed by atoms with E-state index in [1.165, 1.54) is 22.7 Å². The van der Waals surface area contributed by atoms with Crippen molar-refractivity contribution in [2.75, 3.05) is 7.11 Å². The lowest BCUT2D eigenvalue weighted by Gasteiger charge is -2.20. The zero-order valence-corrected chi connectivity index (χ0v) is 11.1. The smallest absolute Gasteiger partial charge is 0.0980 e. The Morgan fingerprint density at radius 1 is 1.39 bits per heavy atom. The third-order valence-electron chi connectivity index (χ3n) is 3.46. The topological polar surface area (TPSA) is 34.1 Å². The van der Waals surface area contributed by atoms with Crippen molar-refractivity contribution < 1.29 is 4.74 Å². The molecule has 0 saturated carbocycles. The number of rotatable bonds is 4. The van der Waals surface area contributed by atoms with Gasteiger partial charge < -0.3 is 10.1 Å². The van der Waals surface area contributed by atoms with Gasteiger partial charge >= 0.3 is 0 Å². The number of hydrogen-bond acceptors (Lipinski definition) is 4. The van der Waals surface area contributed by atoms with Crippen LogP contribution in [-0.4, -0.2) is 17.5 Å². The van der Waals surface area contributed by atoms with Gasteiger partial charge in [0.15, 0.2) is 0 Å². The second-order valence-corrected chi connectivity index (χ2v) is 5.20. The fraction of sp³-hybridized carbons (Fsp3) is 0.357. The van der Waals surface area contributed by atoms with Crippen molar-refractivity contribution in [1.82, 2.24) is 9.69 Å². The van der Waals surface area contributed by atoms with Crippen molar-refractivity contribution in [3.63, 3.8) is 0 Å². The van der Waals surface area contributed by atoms with Crippen LogP contribution in [-0.2, 0) is 17.7 Å². The highest BCUT2D eigenvalue weighted by Gasteiger charge is 2.31. The fourth-order valence-electron chi connectivity index (χ4n) is 2.59. The molecule has 0 saturated heterocycles. The van der Waals surface area contributed by atoms with Gasteiger partial charge in [-0.3, -0.25) is 0 Å². The Hall–Kier alpha value is -1.23. The fourth-order valence-corrected chi connectivity index (χ4v) is 3.13. The minimum atomic E-state index is 0.153. The Balaban J connectivity index is 1.71. The Morgan fingerprint density at radius 3 is 3.06 bits per heavy atom. The Kier molecular flexibility index (Phi) is 3.41. The summed E-state index contributed by atoms with van der Waals surface area (Å²) in [5, 5.41) is 5.56. The van der Waals surface area contributed by atoms with E-state index in [1.54, 1.807) is 7.11 Å². The highest BCUT2D eigenvalue weighted by Crippen LogP contribution is 2.33. The standard InChI is InChI=1S/C14H16N2OS/c1-17-14-12-5-3-2-4-10(12)8-13(14)15-9-11-6-7-18-16-11/h2-7,13-15H,8-9H2,1H3/t13-,14+/m1/s1. The molecule has 0 radical (unpaired) electrons. The maximum atomic E-state index is 5.64. The van der Waals surface area contributed by atoms with Gasteiger partial charge in [0.25, 0.3) is 0 Å². The molecule has 3 nitrogen and oxygen atoms in total. The Labute approximate surface area is 111 Å². The van der Waals surface area contributed by atoms with E-state index in [4.69, 9.17) is 4.74 Å². The van der Waals surface area contributed by atoms with Gasteiger partial charge in [-0.2, -0.15) is 4.37 Å². The lowest BCUT2D eigenvalue weighted by molar-refractivity contribution is 0.0777. The van der Waals surface area contributed by atoms with Crippen LogP contribution < -0.4 is 5.32 Å². The molecule has 1 heterocycles. The Morgan fingerprint density at radius 2 is 2.28 bits per heavy atom. The van der Waals surface area contributed by atoms with Crippen LogP contribution in [0.1, 0.15) is 22.9 Å². The van der Waals surface area contributed by atoms with E-state index in [0.717, 1.165) is 18.7 Å². The molecular weight excluding hydrogens is 244 g/mol. The molecule has 1 aromatic carbocycles. The summed E-state index contributed by atoms with van der Waals surface area (Å²) in [6.45, 7) is 0.808. The first kappa shape index (κ1) is 11.8. The van der Waals surface area contributed by atoms with Crippen molar-refractivity contribution in [2.45, 2.75) is 25.1 Å². The number of fused-ring (bicyclic) bond motifs is 1. The molecule has 94 valence electrons. The second kappa shape index (κ2) is 5.18. The molecule has 1 N–H and O–H groups in total. The number of methoxy groups -OCH3 is 1. The van der Waals surface area contributed by atoms with Crippen molar-refractivity contribution in [2.24, 2.45) is 0 Å². The van der Waals surface area contributed by atoms with Crippen LogP contribution >= 0.6 is 11.5 Å².